The molecular formula is C19H18BrN3O. The van der Waals surface area contributed by atoms with Crippen molar-refractivity contribution in [1.29, 1.82) is 0 Å². The molecule has 1 aromatic heterocycles. The van der Waals surface area contributed by atoms with Gasteiger partial charge >= 0.3 is 0 Å². The van der Waals surface area contributed by atoms with Crippen LogP contribution < -0.4 is 0 Å². The first-order valence-corrected chi connectivity index (χ1v) is 8.46. The van der Waals surface area contributed by atoms with Crippen LogP contribution in [0.25, 0.3) is 5.69 Å². The molecule has 3 aromatic rings. The minimum absolute atomic E-state index is 0.0873. The highest BCUT2D eigenvalue weighted by Crippen LogP contribution is 2.15. The summed E-state index contributed by atoms with van der Waals surface area (Å²) in [4.78, 5) is 14.3. The van der Waals surface area contributed by atoms with E-state index in [2.05, 4.69) is 21.0 Å². The monoisotopic (exact) mass is 383 g/mol. The minimum atomic E-state index is -0.0873. The van der Waals surface area contributed by atoms with Crippen molar-refractivity contribution in [3.63, 3.8) is 0 Å². The smallest absolute Gasteiger partial charge is 0.274 e. The number of nitrogens with zero attached hydrogens (tertiary/aromatic N) is 3. The van der Waals surface area contributed by atoms with E-state index in [1.165, 1.54) is 0 Å². The van der Waals surface area contributed by atoms with E-state index in [0.717, 1.165) is 21.4 Å². The van der Waals surface area contributed by atoms with Gasteiger partial charge in [0.15, 0.2) is 5.69 Å². The number of benzene rings is 2. The molecule has 0 fully saturated rings. The Morgan fingerprint density at radius 2 is 1.79 bits per heavy atom. The molecule has 1 amide bonds. The fourth-order valence-electron chi connectivity index (χ4n) is 2.54. The van der Waals surface area contributed by atoms with E-state index in [1.807, 2.05) is 67.6 Å². The molecule has 0 aliphatic rings. The van der Waals surface area contributed by atoms with Crippen molar-refractivity contribution in [2.75, 3.05) is 7.05 Å². The lowest BCUT2D eigenvalue weighted by atomic mass is 10.2. The van der Waals surface area contributed by atoms with Gasteiger partial charge in [-0.15, -0.1) is 0 Å². The Morgan fingerprint density at radius 3 is 2.46 bits per heavy atom. The SMILES string of the molecule is Cc1cc(C(=O)N(C)Cc2ccc(Br)cc2)nn1-c1ccccc1. The average molecular weight is 384 g/mol. The normalized spacial score (nSPS) is 10.6. The Labute approximate surface area is 149 Å². The average Bonchev–Trinajstić information content (AvgIpc) is 2.99. The van der Waals surface area contributed by atoms with E-state index in [1.54, 1.807) is 16.6 Å². The Balaban J connectivity index is 1.78. The third-order valence-electron chi connectivity index (χ3n) is 3.79. The number of hydrogen-bond donors (Lipinski definition) is 0. The van der Waals surface area contributed by atoms with Crippen LogP contribution in [0.2, 0.25) is 0 Å². The number of halogens is 1. The maximum Gasteiger partial charge on any atom is 0.274 e. The second kappa shape index (κ2) is 7.01. The molecule has 122 valence electrons. The molecule has 0 bridgehead atoms. The van der Waals surface area contributed by atoms with Crippen LogP contribution in [0.3, 0.4) is 0 Å². The van der Waals surface area contributed by atoms with Gasteiger partial charge in [0.1, 0.15) is 0 Å². The molecule has 1 heterocycles. The molecule has 0 saturated heterocycles. The third-order valence-corrected chi connectivity index (χ3v) is 4.32. The number of carbonyl (C=O) groups is 1. The van der Waals surface area contributed by atoms with Crippen molar-refractivity contribution in [1.82, 2.24) is 14.7 Å². The second-order valence-corrected chi connectivity index (χ2v) is 6.62. The Hall–Kier alpha value is -2.40. The van der Waals surface area contributed by atoms with Gasteiger partial charge in [0.05, 0.1) is 5.69 Å². The molecule has 24 heavy (non-hydrogen) atoms. The highest BCUT2D eigenvalue weighted by Gasteiger charge is 2.17. The number of carbonyl (C=O) groups excluding carboxylic acids is 1. The third kappa shape index (κ3) is 3.57. The molecule has 0 N–H and O–H groups in total. The summed E-state index contributed by atoms with van der Waals surface area (Å²) in [6, 6.07) is 19.6. The zero-order valence-corrected chi connectivity index (χ0v) is 15.2. The van der Waals surface area contributed by atoms with E-state index in [9.17, 15) is 4.79 Å². The first-order valence-electron chi connectivity index (χ1n) is 7.66. The van der Waals surface area contributed by atoms with Crippen LogP contribution in [0.4, 0.5) is 0 Å². The molecule has 0 atom stereocenters. The van der Waals surface area contributed by atoms with Crippen molar-refractivity contribution >= 4 is 21.8 Å². The standard InChI is InChI=1S/C19H18BrN3O/c1-14-12-18(21-23(14)17-6-4-3-5-7-17)19(24)22(2)13-15-8-10-16(20)11-9-15/h3-12H,13H2,1-2H3. The molecule has 0 unspecified atom stereocenters. The summed E-state index contributed by atoms with van der Waals surface area (Å²) in [6.07, 6.45) is 0. The van der Waals surface area contributed by atoms with Gasteiger partial charge < -0.3 is 4.90 Å². The fraction of sp³-hybridized carbons (Fsp3) is 0.158. The van der Waals surface area contributed by atoms with Crippen LogP contribution >= 0.6 is 15.9 Å². The highest BCUT2D eigenvalue weighted by molar-refractivity contribution is 9.10. The molecule has 4 nitrogen and oxygen atoms in total. The molecule has 2 aromatic carbocycles. The van der Waals surface area contributed by atoms with Crippen LogP contribution in [-0.2, 0) is 6.54 Å². The van der Waals surface area contributed by atoms with Gasteiger partial charge in [-0.1, -0.05) is 46.3 Å². The first kappa shape index (κ1) is 16.5. The zero-order valence-electron chi connectivity index (χ0n) is 13.6. The number of rotatable bonds is 4. The predicted molar refractivity (Wildman–Crippen MR) is 98.2 cm³/mol. The number of aryl methyl sites for hydroxylation is 1. The molecule has 0 radical (unpaired) electrons. The number of hydrogen-bond acceptors (Lipinski definition) is 2. The maximum atomic E-state index is 12.7. The van der Waals surface area contributed by atoms with Crippen LogP contribution in [0.1, 0.15) is 21.7 Å². The van der Waals surface area contributed by atoms with Crippen molar-refractivity contribution in [3.8, 4) is 5.69 Å². The molecule has 0 spiro atoms. The molecule has 5 heteroatoms. The van der Waals surface area contributed by atoms with Gasteiger partial charge in [0.25, 0.3) is 5.91 Å². The fourth-order valence-corrected chi connectivity index (χ4v) is 2.80. The van der Waals surface area contributed by atoms with E-state index in [-0.39, 0.29) is 5.91 Å². The lowest BCUT2D eigenvalue weighted by Crippen LogP contribution is -2.26. The maximum absolute atomic E-state index is 12.7. The van der Waals surface area contributed by atoms with E-state index in [0.29, 0.717) is 12.2 Å². The number of aromatic nitrogens is 2. The van der Waals surface area contributed by atoms with Gasteiger partial charge in [0.2, 0.25) is 0 Å². The molecule has 0 aliphatic heterocycles. The Morgan fingerprint density at radius 1 is 1.12 bits per heavy atom. The lowest BCUT2D eigenvalue weighted by molar-refractivity contribution is 0.0779. The van der Waals surface area contributed by atoms with Gasteiger partial charge in [-0.05, 0) is 42.8 Å². The summed E-state index contributed by atoms with van der Waals surface area (Å²) in [5.41, 5.74) is 3.41. The summed E-state index contributed by atoms with van der Waals surface area (Å²) in [7, 11) is 1.79. The van der Waals surface area contributed by atoms with E-state index >= 15 is 0 Å². The number of amides is 1. The first-order chi connectivity index (χ1) is 11.5. The summed E-state index contributed by atoms with van der Waals surface area (Å²) in [6.45, 7) is 2.49. The Bertz CT molecular complexity index is 841. The van der Waals surface area contributed by atoms with Crippen molar-refractivity contribution in [2.45, 2.75) is 13.5 Å². The molecule has 0 saturated carbocycles. The highest BCUT2D eigenvalue weighted by atomic mass is 79.9. The summed E-state index contributed by atoms with van der Waals surface area (Å²) in [5, 5.41) is 4.47. The Kier molecular flexibility index (Phi) is 4.81. The van der Waals surface area contributed by atoms with Crippen molar-refractivity contribution < 1.29 is 4.79 Å². The zero-order chi connectivity index (χ0) is 17.1. The molecule has 3 rings (SSSR count). The van der Waals surface area contributed by atoms with Gasteiger partial charge in [0, 0.05) is 23.8 Å². The molecule has 0 aliphatic carbocycles. The molecular weight excluding hydrogens is 366 g/mol. The summed E-state index contributed by atoms with van der Waals surface area (Å²) in [5.74, 6) is -0.0873. The summed E-state index contributed by atoms with van der Waals surface area (Å²) >= 11 is 3.42. The predicted octanol–water partition coefficient (Wildman–Crippen LogP) is 4.22. The van der Waals surface area contributed by atoms with Crippen molar-refractivity contribution in [3.05, 3.63) is 82.1 Å². The minimum Gasteiger partial charge on any atom is -0.336 e. The second-order valence-electron chi connectivity index (χ2n) is 5.71. The topological polar surface area (TPSA) is 38.1 Å². The summed E-state index contributed by atoms with van der Waals surface area (Å²) < 4.78 is 2.82. The number of para-hydroxylation sites is 1. The largest absolute Gasteiger partial charge is 0.336 e. The van der Waals surface area contributed by atoms with Gasteiger partial charge in [-0.3, -0.25) is 4.79 Å². The quantitative estimate of drug-likeness (QED) is 0.676. The van der Waals surface area contributed by atoms with Crippen LogP contribution in [-0.4, -0.2) is 27.6 Å². The van der Waals surface area contributed by atoms with E-state index in [4.69, 9.17) is 0 Å². The van der Waals surface area contributed by atoms with Crippen molar-refractivity contribution in [2.24, 2.45) is 0 Å². The van der Waals surface area contributed by atoms with Crippen LogP contribution in [0.5, 0.6) is 0 Å². The van der Waals surface area contributed by atoms with E-state index < -0.39 is 0 Å². The van der Waals surface area contributed by atoms with Gasteiger partial charge in [-0.2, -0.15) is 5.10 Å². The van der Waals surface area contributed by atoms with Crippen LogP contribution in [0, 0.1) is 6.92 Å². The van der Waals surface area contributed by atoms with Gasteiger partial charge in [-0.25, -0.2) is 4.68 Å². The van der Waals surface area contributed by atoms with Crippen LogP contribution in [0.15, 0.2) is 65.1 Å². The lowest BCUT2D eigenvalue weighted by Gasteiger charge is -2.16.